The number of carbonyl (C=O) groups excluding carboxylic acids is 2. The molecular weight excluding hydrogens is 274 g/mol. The van der Waals surface area contributed by atoms with Crippen LogP contribution in [-0.2, 0) is 11.3 Å². The van der Waals surface area contributed by atoms with E-state index in [1.54, 1.807) is 0 Å². The average molecular weight is 293 g/mol. The summed E-state index contributed by atoms with van der Waals surface area (Å²) in [5.74, 6) is 0.134. The van der Waals surface area contributed by atoms with Crippen LogP contribution in [0.4, 0.5) is 4.79 Å². The number of rotatable bonds is 2. The number of carbonyl (C=O) groups is 2. The molecule has 1 aliphatic heterocycles. The number of imide groups is 1. The summed E-state index contributed by atoms with van der Waals surface area (Å²) in [5.41, 5.74) is 0.122. The molecule has 0 radical (unpaired) electrons. The van der Waals surface area contributed by atoms with Gasteiger partial charge in [0.05, 0.1) is 17.2 Å². The van der Waals surface area contributed by atoms with Crippen LogP contribution in [0.15, 0.2) is 5.38 Å². The molecule has 0 unspecified atom stereocenters. The normalized spacial score (nSPS) is 30.1. The van der Waals surface area contributed by atoms with E-state index in [4.69, 9.17) is 0 Å². The van der Waals surface area contributed by atoms with Gasteiger partial charge < -0.3 is 5.32 Å². The van der Waals surface area contributed by atoms with Gasteiger partial charge in [0.15, 0.2) is 0 Å². The summed E-state index contributed by atoms with van der Waals surface area (Å²) >= 11 is 1.54. The standard InChI is InChI=1S/C14H19N3O2S/c1-9-5-3-4-6-14(9)12(18)17(13(19)16-14)7-11-8-20-10(2)15-11/h8-9H,3-7H2,1-2H3,(H,16,19)/t9-,14-/m1/s1. The molecule has 108 valence electrons. The zero-order valence-electron chi connectivity index (χ0n) is 11.8. The zero-order valence-corrected chi connectivity index (χ0v) is 12.6. The van der Waals surface area contributed by atoms with Crippen LogP contribution in [0, 0.1) is 12.8 Å². The van der Waals surface area contributed by atoms with Crippen molar-refractivity contribution in [2.24, 2.45) is 5.92 Å². The molecule has 6 heteroatoms. The lowest BCUT2D eigenvalue weighted by Crippen LogP contribution is -2.53. The summed E-state index contributed by atoms with van der Waals surface area (Å²) in [6.07, 6.45) is 3.89. The van der Waals surface area contributed by atoms with Crippen molar-refractivity contribution in [3.8, 4) is 0 Å². The van der Waals surface area contributed by atoms with Gasteiger partial charge in [0.2, 0.25) is 0 Å². The van der Waals surface area contributed by atoms with Crippen LogP contribution in [0.1, 0.15) is 43.3 Å². The molecule has 2 fully saturated rings. The smallest absolute Gasteiger partial charge is 0.323 e. The first-order valence-electron chi connectivity index (χ1n) is 7.08. The molecule has 2 aliphatic rings. The van der Waals surface area contributed by atoms with Crippen molar-refractivity contribution >= 4 is 23.3 Å². The number of hydrogen-bond donors (Lipinski definition) is 1. The first-order chi connectivity index (χ1) is 9.53. The van der Waals surface area contributed by atoms with Crippen molar-refractivity contribution in [2.75, 3.05) is 0 Å². The van der Waals surface area contributed by atoms with Crippen LogP contribution < -0.4 is 5.32 Å². The molecule has 5 nitrogen and oxygen atoms in total. The van der Waals surface area contributed by atoms with Crippen molar-refractivity contribution in [1.82, 2.24) is 15.2 Å². The quantitative estimate of drug-likeness (QED) is 0.852. The van der Waals surface area contributed by atoms with Gasteiger partial charge in [-0.1, -0.05) is 19.8 Å². The van der Waals surface area contributed by atoms with E-state index in [2.05, 4.69) is 17.2 Å². The predicted molar refractivity (Wildman–Crippen MR) is 76.3 cm³/mol. The zero-order chi connectivity index (χ0) is 14.3. The van der Waals surface area contributed by atoms with Gasteiger partial charge in [-0.25, -0.2) is 9.78 Å². The van der Waals surface area contributed by atoms with Crippen LogP contribution >= 0.6 is 11.3 Å². The van der Waals surface area contributed by atoms with Crippen LogP contribution in [0.2, 0.25) is 0 Å². The van der Waals surface area contributed by atoms with E-state index < -0.39 is 5.54 Å². The Morgan fingerprint density at radius 1 is 1.50 bits per heavy atom. The number of nitrogens with one attached hydrogen (secondary N) is 1. The van der Waals surface area contributed by atoms with E-state index in [0.29, 0.717) is 0 Å². The van der Waals surface area contributed by atoms with Gasteiger partial charge in [0, 0.05) is 5.38 Å². The number of nitrogens with zero attached hydrogens (tertiary/aromatic N) is 2. The predicted octanol–water partition coefficient (Wildman–Crippen LogP) is 2.45. The van der Waals surface area contributed by atoms with Crippen molar-refractivity contribution in [3.63, 3.8) is 0 Å². The highest BCUT2D eigenvalue weighted by Gasteiger charge is 2.54. The van der Waals surface area contributed by atoms with Gasteiger partial charge in [-0.15, -0.1) is 11.3 Å². The summed E-state index contributed by atoms with van der Waals surface area (Å²) < 4.78 is 0. The molecule has 2 atom stereocenters. The maximum Gasteiger partial charge on any atom is 0.325 e. The Hall–Kier alpha value is -1.43. The molecule has 0 aromatic carbocycles. The topological polar surface area (TPSA) is 62.3 Å². The number of hydrogen-bond acceptors (Lipinski definition) is 4. The molecular formula is C14H19N3O2S. The van der Waals surface area contributed by atoms with Crippen LogP contribution in [-0.4, -0.2) is 27.4 Å². The highest BCUT2D eigenvalue weighted by Crippen LogP contribution is 2.38. The molecule has 1 aromatic heterocycles. The maximum absolute atomic E-state index is 12.7. The Bertz CT molecular complexity index is 556. The Morgan fingerprint density at radius 3 is 2.95 bits per heavy atom. The van der Waals surface area contributed by atoms with Gasteiger partial charge in [-0.2, -0.15) is 0 Å². The molecule has 1 N–H and O–H groups in total. The SMILES string of the molecule is Cc1nc(CN2C(=O)N[C@@]3(CCCC[C@H]3C)C2=O)cs1. The van der Waals surface area contributed by atoms with Gasteiger partial charge in [-0.05, 0) is 25.7 Å². The molecule has 2 heterocycles. The summed E-state index contributed by atoms with van der Waals surface area (Å²) in [6.45, 7) is 4.27. The number of aromatic nitrogens is 1. The molecule has 1 spiro atoms. The van der Waals surface area contributed by atoms with Gasteiger partial charge in [-0.3, -0.25) is 9.69 Å². The third kappa shape index (κ3) is 2.02. The monoisotopic (exact) mass is 293 g/mol. The second-order valence-electron chi connectivity index (χ2n) is 5.80. The highest BCUT2D eigenvalue weighted by molar-refractivity contribution is 7.09. The largest absolute Gasteiger partial charge is 0.325 e. The Morgan fingerprint density at radius 2 is 2.30 bits per heavy atom. The van der Waals surface area contributed by atoms with Crippen molar-refractivity contribution in [2.45, 2.75) is 51.6 Å². The highest BCUT2D eigenvalue weighted by atomic mass is 32.1. The average Bonchev–Trinajstić information content (AvgIpc) is 2.92. The lowest BCUT2D eigenvalue weighted by atomic mass is 9.73. The fourth-order valence-corrected chi connectivity index (χ4v) is 3.89. The van der Waals surface area contributed by atoms with Crippen molar-refractivity contribution in [1.29, 1.82) is 0 Å². The van der Waals surface area contributed by atoms with E-state index in [9.17, 15) is 9.59 Å². The molecule has 0 bridgehead atoms. The van der Waals surface area contributed by atoms with Crippen LogP contribution in [0.3, 0.4) is 0 Å². The van der Waals surface area contributed by atoms with E-state index in [1.165, 1.54) is 16.2 Å². The van der Waals surface area contributed by atoms with Gasteiger partial charge in [0.1, 0.15) is 5.54 Å². The minimum Gasteiger partial charge on any atom is -0.323 e. The van der Waals surface area contributed by atoms with E-state index in [-0.39, 0.29) is 24.4 Å². The second-order valence-corrected chi connectivity index (χ2v) is 6.86. The van der Waals surface area contributed by atoms with Gasteiger partial charge in [0.25, 0.3) is 5.91 Å². The lowest BCUT2D eigenvalue weighted by molar-refractivity contribution is -0.134. The van der Waals surface area contributed by atoms with Crippen molar-refractivity contribution in [3.05, 3.63) is 16.1 Å². The van der Waals surface area contributed by atoms with Crippen LogP contribution in [0.25, 0.3) is 0 Å². The summed E-state index contributed by atoms with van der Waals surface area (Å²) in [6, 6.07) is -0.269. The summed E-state index contributed by atoms with van der Waals surface area (Å²) in [5, 5.41) is 5.82. The number of amides is 3. The molecule has 20 heavy (non-hydrogen) atoms. The van der Waals surface area contributed by atoms with E-state index >= 15 is 0 Å². The first-order valence-corrected chi connectivity index (χ1v) is 7.96. The number of aryl methyl sites for hydroxylation is 1. The minimum absolute atomic E-state index is 0.0691. The lowest BCUT2D eigenvalue weighted by Gasteiger charge is -2.36. The summed E-state index contributed by atoms with van der Waals surface area (Å²) in [7, 11) is 0. The molecule has 1 saturated heterocycles. The van der Waals surface area contributed by atoms with Crippen molar-refractivity contribution < 1.29 is 9.59 Å². The Kier molecular flexibility index (Phi) is 3.28. The first kappa shape index (κ1) is 13.5. The molecule has 1 aromatic rings. The molecule has 3 rings (SSSR count). The fraction of sp³-hybridized carbons (Fsp3) is 0.643. The third-order valence-electron chi connectivity index (χ3n) is 4.49. The number of urea groups is 1. The Balaban J connectivity index is 1.83. The minimum atomic E-state index is -0.666. The van der Waals surface area contributed by atoms with Gasteiger partial charge >= 0.3 is 6.03 Å². The van der Waals surface area contributed by atoms with E-state index in [1.807, 2.05) is 12.3 Å². The summed E-state index contributed by atoms with van der Waals surface area (Å²) in [4.78, 5) is 30.6. The molecule has 1 aliphatic carbocycles. The Labute approximate surface area is 122 Å². The number of thiazole rings is 1. The maximum atomic E-state index is 12.7. The second kappa shape index (κ2) is 4.84. The van der Waals surface area contributed by atoms with E-state index in [0.717, 1.165) is 36.4 Å². The third-order valence-corrected chi connectivity index (χ3v) is 5.31. The molecule has 1 saturated carbocycles. The van der Waals surface area contributed by atoms with Crippen LogP contribution in [0.5, 0.6) is 0 Å². The fourth-order valence-electron chi connectivity index (χ4n) is 3.28. The molecule has 3 amide bonds.